The summed E-state index contributed by atoms with van der Waals surface area (Å²) in [5.41, 5.74) is -0.191. The van der Waals surface area contributed by atoms with Crippen LogP contribution in [0.5, 0.6) is 5.75 Å². The Balaban J connectivity index is 1.45. The fourth-order valence-electron chi connectivity index (χ4n) is 4.07. The molecule has 36 heavy (non-hydrogen) atoms. The Kier molecular flexibility index (Phi) is 8.67. The highest BCUT2D eigenvalue weighted by molar-refractivity contribution is 6.06. The Morgan fingerprint density at radius 3 is 2.61 bits per heavy atom. The minimum atomic E-state index is -0.772. The van der Waals surface area contributed by atoms with Gasteiger partial charge < -0.3 is 19.7 Å². The number of ether oxygens (including phenoxy) is 2. The quantitative estimate of drug-likeness (QED) is 0.294. The lowest BCUT2D eigenvalue weighted by atomic mass is 10.0. The van der Waals surface area contributed by atoms with E-state index in [-0.39, 0.29) is 36.0 Å². The zero-order valence-electron chi connectivity index (χ0n) is 21.2. The highest BCUT2D eigenvalue weighted by Crippen LogP contribution is 2.23. The summed E-state index contributed by atoms with van der Waals surface area (Å²) in [5, 5.41) is 4.97. The highest BCUT2D eigenvalue weighted by atomic mass is 16.6. The van der Waals surface area contributed by atoms with Crippen molar-refractivity contribution in [1.29, 1.82) is 0 Å². The average molecular weight is 503 g/mol. The van der Waals surface area contributed by atoms with Gasteiger partial charge in [-0.15, -0.1) is 0 Å². The first-order valence-electron chi connectivity index (χ1n) is 12.0. The molecule has 196 valence electrons. The lowest BCUT2D eigenvalue weighted by Crippen LogP contribution is -2.54. The Morgan fingerprint density at radius 2 is 1.97 bits per heavy atom. The molecule has 0 aliphatic carbocycles. The van der Waals surface area contributed by atoms with Crippen LogP contribution in [0.4, 0.5) is 4.79 Å². The van der Waals surface area contributed by atoms with Crippen molar-refractivity contribution in [3.05, 3.63) is 29.3 Å². The van der Waals surface area contributed by atoms with Crippen LogP contribution in [-0.2, 0) is 14.3 Å². The van der Waals surface area contributed by atoms with E-state index in [4.69, 9.17) is 9.47 Å². The molecule has 1 atom stereocenters. The van der Waals surface area contributed by atoms with Crippen molar-refractivity contribution in [3.8, 4) is 5.75 Å². The van der Waals surface area contributed by atoms with Gasteiger partial charge in [-0.2, -0.15) is 0 Å². The van der Waals surface area contributed by atoms with Gasteiger partial charge in [0, 0.05) is 45.2 Å². The average Bonchev–Trinajstić information content (AvgIpc) is 2.77. The molecule has 2 aliphatic rings. The third-order valence-electron chi connectivity index (χ3n) is 5.92. The van der Waals surface area contributed by atoms with Crippen LogP contribution in [0.1, 0.15) is 60.7 Å². The molecular weight excluding hydrogens is 468 g/mol. The van der Waals surface area contributed by atoms with Crippen LogP contribution in [0.15, 0.2) is 18.2 Å². The van der Waals surface area contributed by atoms with Gasteiger partial charge in [0.1, 0.15) is 23.5 Å². The van der Waals surface area contributed by atoms with Crippen molar-refractivity contribution >= 4 is 30.1 Å². The maximum absolute atomic E-state index is 13.0. The summed E-state index contributed by atoms with van der Waals surface area (Å²) in [6.07, 6.45) is 1.28. The molecule has 1 unspecified atom stereocenters. The van der Waals surface area contributed by atoms with Gasteiger partial charge in [0.2, 0.25) is 11.8 Å². The number of amides is 4. The van der Waals surface area contributed by atoms with E-state index in [1.54, 1.807) is 6.07 Å². The van der Waals surface area contributed by atoms with Gasteiger partial charge in [0.15, 0.2) is 6.29 Å². The summed E-state index contributed by atoms with van der Waals surface area (Å²) >= 11 is 0. The van der Waals surface area contributed by atoms with Crippen molar-refractivity contribution < 1.29 is 33.4 Å². The van der Waals surface area contributed by atoms with Gasteiger partial charge >= 0.3 is 6.09 Å². The van der Waals surface area contributed by atoms with Gasteiger partial charge in [-0.1, -0.05) is 0 Å². The predicted octanol–water partition coefficient (Wildman–Crippen LogP) is 1.35. The number of hydrogen-bond acceptors (Lipinski definition) is 8. The van der Waals surface area contributed by atoms with Crippen LogP contribution in [-0.4, -0.2) is 90.9 Å². The van der Waals surface area contributed by atoms with Crippen LogP contribution >= 0.6 is 0 Å². The molecular formula is C25H34N4O7. The summed E-state index contributed by atoms with van der Waals surface area (Å²) in [6, 6.07) is 3.89. The maximum Gasteiger partial charge on any atom is 0.407 e. The van der Waals surface area contributed by atoms with Gasteiger partial charge in [-0.25, -0.2) is 4.79 Å². The molecule has 2 N–H and O–H groups in total. The van der Waals surface area contributed by atoms with Crippen LogP contribution in [0, 0.1) is 0 Å². The zero-order valence-corrected chi connectivity index (χ0v) is 21.2. The second kappa shape index (κ2) is 11.5. The first-order chi connectivity index (χ1) is 17.0. The zero-order chi connectivity index (χ0) is 26.5. The number of hydrogen-bond donors (Lipinski definition) is 2. The molecule has 11 heteroatoms. The molecule has 0 bridgehead atoms. The predicted molar refractivity (Wildman–Crippen MR) is 130 cm³/mol. The Bertz CT molecular complexity index is 1010. The molecule has 1 aromatic rings. The van der Waals surface area contributed by atoms with Gasteiger partial charge in [0.25, 0.3) is 5.91 Å². The second-order valence-electron chi connectivity index (χ2n) is 10.0. The van der Waals surface area contributed by atoms with Gasteiger partial charge in [0.05, 0.1) is 5.56 Å². The molecule has 0 spiro atoms. The monoisotopic (exact) mass is 502 g/mol. The molecule has 0 aromatic heterocycles. The number of alkyl carbamates (subject to hydrolysis) is 1. The number of carbonyl (C=O) groups is 5. The number of likely N-dealkylation sites (N-methyl/N-ethyl adjacent to an activating group) is 1. The lowest BCUT2D eigenvalue weighted by molar-refractivity contribution is -0.136. The van der Waals surface area contributed by atoms with Crippen molar-refractivity contribution in [1.82, 2.24) is 20.4 Å². The number of carbonyl (C=O) groups excluding carboxylic acids is 5. The minimum absolute atomic E-state index is 0.0454. The Morgan fingerprint density at radius 1 is 1.25 bits per heavy atom. The molecule has 2 aliphatic heterocycles. The minimum Gasteiger partial charge on any atom is -0.488 e. The number of rotatable bonds is 9. The SMILES string of the molecule is CN(C(=O)c1ccc(OC2CN(CCCNC(=O)OC(C)(C)C)C2)cc1C=O)C1CCC(=O)NC1=O. The van der Waals surface area contributed by atoms with E-state index in [1.807, 2.05) is 20.8 Å². The molecule has 2 heterocycles. The van der Waals surface area contributed by atoms with Gasteiger partial charge in [-0.05, 0) is 51.8 Å². The van der Waals surface area contributed by atoms with E-state index in [0.717, 1.165) is 13.0 Å². The fourth-order valence-corrected chi connectivity index (χ4v) is 4.07. The largest absolute Gasteiger partial charge is 0.488 e. The standard InChI is InChI=1S/C25H34N4O7/c1-25(2,3)36-24(34)26-10-5-11-29-13-18(14-29)35-17-6-7-19(16(12-17)15-30)23(33)28(4)20-8-9-21(31)27-22(20)32/h6-7,12,15,18,20H,5,8-11,13-14H2,1-4H3,(H,26,34)(H,27,31,32). The van der Waals surface area contributed by atoms with E-state index in [1.165, 1.54) is 24.1 Å². The van der Waals surface area contributed by atoms with Crippen LogP contribution in [0.3, 0.4) is 0 Å². The van der Waals surface area contributed by atoms with Crippen molar-refractivity contribution in [2.24, 2.45) is 0 Å². The second-order valence-corrected chi connectivity index (χ2v) is 10.0. The third-order valence-corrected chi connectivity index (χ3v) is 5.92. The molecule has 2 fully saturated rings. The molecule has 1 aromatic carbocycles. The number of aldehydes is 1. The van der Waals surface area contributed by atoms with Crippen LogP contribution < -0.4 is 15.4 Å². The molecule has 0 radical (unpaired) electrons. The van der Waals surface area contributed by atoms with E-state index < -0.39 is 29.6 Å². The molecule has 2 saturated heterocycles. The van der Waals surface area contributed by atoms with E-state index >= 15 is 0 Å². The molecule has 4 amide bonds. The number of benzene rings is 1. The first kappa shape index (κ1) is 27.1. The van der Waals surface area contributed by atoms with Crippen molar-refractivity contribution in [2.45, 2.75) is 57.8 Å². The van der Waals surface area contributed by atoms with E-state index in [0.29, 0.717) is 31.7 Å². The summed E-state index contributed by atoms with van der Waals surface area (Å²) in [6.45, 7) is 8.18. The fraction of sp³-hybridized carbons (Fsp3) is 0.560. The molecule has 11 nitrogen and oxygen atoms in total. The topological polar surface area (TPSA) is 134 Å². The number of piperidine rings is 1. The smallest absolute Gasteiger partial charge is 0.407 e. The summed E-state index contributed by atoms with van der Waals surface area (Å²) in [5.74, 6) is -0.884. The van der Waals surface area contributed by atoms with Crippen molar-refractivity contribution in [3.63, 3.8) is 0 Å². The first-order valence-corrected chi connectivity index (χ1v) is 12.0. The number of nitrogens with one attached hydrogen (secondary N) is 2. The Labute approximate surface area is 210 Å². The summed E-state index contributed by atoms with van der Waals surface area (Å²) < 4.78 is 11.1. The van der Waals surface area contributed by atoms with Crippen molar-refractivity contribution in [2.75, 3.05) is 33.2 Å². The molecule has 3 rings (SSSR count). The molecule has 0 saturated carbocycles. The van der Waals surface area contributed by atoms with Gasteiger partial charge in [-0.3, -0.25) is 29.4 Å². The third kappa shape index (κ3) is 7.27. The Hall–Kier alpha value is -3.47. The normalized spacial score (nSPS) is 18.6. The summed E-state index contributed by atoms with van der Waals surface area (Å²) in [4.78, 5) is 63.2. The maximum atomic E-state index is 13.0. The van der Waals surface area contributed by atoms with Crippen LogP contribution in [0.2, 0.25) is 0 Å². The van der Waals surface area contributed by atoms with Crippen LogP contribution in [0.25, 0.3) is 0 Å². The number of imide groups is 1. The summed E-state index contributed by atoms with van der Waals surface area (Å²) in [7, 11) is 1.48. The number of likely N-dealkylation sites (tertiary alicyclic amines) is 1. The number of nitrogens with zero attached hydrogens (tertiary/aromatic N) is 2. The van der Waals surface area contributed by atoms with E-state index in [9.17, 15) is 24.0 Å². The lowest BCUT2D eigenvalue weighted by Gasteiger charge is -2.39. The van der Waals surface area contributed by atoms with E-state index in [2.05, 4.69) is 15.5 Å². The highest BCUT2D eigenvalue weighted by Gasteiger charge is 2.33.